The van der Waals surface area contributed by atoms with E-state index in [1.165, 1.54) is 6.07 Å². The quantitative estimate of drug-likeness (QED) is 0.399. The highest BCUT2D eigenvalue weighted by Crippen LogP contribution is 2.43. The lowest BCUT2D eigenvalue weighted by Gasteiger charge is -2.22. The van der Waals surface area contributed by atoms with E-state index in [2.05, 4.69) is 5.32 Å². The summed E-state index contributed by atoms with van der Waals surface area (Å²) in [5.41, 5.74) is 2.30. The minimum absolute atomic E-state index is 0.00740. The van der Waals surface area contributed by atoms with E-state index in [1.807, 2.05) is 6.07 Å². The van der Waals surface area contributed by atoms with Gasteiger partial charge >= 0.3 is 12.1 Å². The Hall–Kier alpha value is -3.37. The molecule has 1 atom stereocenters. The molecule has 36 heavy (non-hydrogen) atoms. The van der Waals surface area contributed by atoms with E-state index in [9.17, 15) is 22.8 Å². The van der Waals surface area contributed by atoms with Gasteiger partial charge in [0.25, 0.3) is 0 Å². The largest absolute Gasteiger partial charge is 0.488 e. The van der Waals surface area contributed by atoms with Gasteiger partial charge in [-0.2, -0.15) is 13.2 Å². The fourth-order valence-corrected chi connectivity index (χ4v) is 5.08. The Morgan fingerprint density at radius 2 is 1.92 bits per heavy atom. The Balaban J connectivity index is 1.43. The Labute approximate surface area is 210 Å². The van der Waals surface area contributed by atoms with Crippen LogP contribution in [0.2, 0.25) is 0 Å². The molecular formula is C26H25F3N2O4S. The van der Waals surface area contributed by atoms with Crippen molar-refractivity contribution < 1.29 is 32.6 Å². The van der Waals surface area contributed by atoms with Gasteiger partial charge in [0.1, 0.15) is 17.2 Å². The Bertz CT molecular complexity index is 1240. The van der Waals surface area contributed by atoms with Gasteiger partial charge in [-0.05, 0) is 48.7 Å². The minimum atomic E-state index is -4.46. The first-order valence-corrected chi connectivity index (χ1v) is 12.2. The lowest BCUT2D eigenvalue weighted by molar-refractivity contribution is -0.137. The monoisotopic (exact) mass is 518 g/mol. The van der Waals surface area contributed by atoms with Gasteiger partial charge in [0.05, 0.1) is 12.5 Å². The number of nitrogens with zero attached hydrogens (tertiary/aromatic N) is 1. The molecule has 0 radical (unpaired) electrons. The highest BCUT2D eigenvalue weighted by Gasteiger charge is 2.36. The van der Waals surface area contributed by atoms with Crippen molar-refractivity contribution in [2.75, 3.05) is 18.0 Å². The zero-order chi connectivity index (χ0) is 25.9. The number of aliphatic carboxylic acids is 1. The second-order valence-electron chi connectivity index (χ2n) is 8.46. The number of ether oxygens (including phenoxy) is 1. The SMILES string of the molecule is CC(NCCC(=O)O)C(=O)N1CCc2cc(OCc3cc(-c4ccccc4)c(C(F)(F)F)s3)ccc21. The first kappa shape index (κ1) is 25.7. The van der Waals surface area contributed by atoms with Gasteiger partial charge in [-0.3, -0.25) is 9.59 Å². The zero-order valence-corrected chi connectivity index (χ0v) is 20.3. The van der Waals surface area contributed by atoms with Gasteiger partial charge in [0, 0.05) is 29.2 Å². The molecule has 4 rings (SSSR count). The lowest BCUT2D eigenvalue weighted by atomic mass is 10.1. The van der Waals surface area contributed by atoms with Crippen LogP contribution in [0.4, 0.5) is 18.9 Å². The molecule has 2 N–H and O–H groups in total. The summed E-state index contributed by atoms with van der Waals surface area (Å²) in [6.07, 6.45) is -3.91. The average Bonchev–Trinajstić information content (AvgIpc) is 3.47. The Morgan fingerprint density at radius 1 is 1.17 bits per heavy atom. The van der Waals surface area contributed by atoms with Crippen molar-refractivity contribution in [1.29, 1.82) is 0 Å². The van der Waals surface area contributed by atoms with Crippen LogP contribution >= 0.6 is 11.3 Å². The fourth-order valence-electron chi connectivity index (χ4n) is 4.12. The second-order valence-corrected chi connectivity index (χ2v) is 9.59. The van der Waals surface area contributed by atoms with Crippen molar-refractivity contribution >= 4 is 28.9 Å². The van der Waals surface area contributed by atoms with Crippen LogP contribution in [0.5, 0.6) is 5.75 Å². The standard InChI is InChI=1S/C26H25F3N2O4S/c1-16(30-11-9-23(32)33)25(34)31-12-10-18-13-19(7-8-22(18)31)35-15-20-14-21(17-5-3-2-4-6-17)24(36-20)26(27,28)29/h2-8,13-14,16,30H,9-12,15H2,1H3,(H,32,33). The summed E-state index contributed by atoms with van der Waals surface area (Å²) in [5.74, 6) is -0.576. The maximum Gasteiger partial charge on any atom is 0.426 e. The normalized spacial score (nSPS) is 13.9. The molecule has 2 aromatic carbocycles. The molecule has 1 aliphatic rings. The lowest BCUT2D eigenvalue weighted by Crippen LogP contribution is -2.44. The number of rotatable bonds is 9. The van der Waals surface area contributed by atoms with Gasteiger partial charge < -0.3 is 20.1 Å². The summed E-state index contributed by atoms with van der Waals surface area (Å²) in [7, 11) is 0. The van der Waals surface area contributed by atoms with Gasteiger partial charge in [0.2, 0.25) is 5.91 Å². The predicted molar refractivity (Wildman–Crippen MR) is 131 cm³/mol. The number of hydrogen-bond donors (Lipinski definition) is 2. The number of carboxylic acid groups (broad SMARTS) is 1. The number of carbonyl (C=O) groups is 2. The van der Waals surface area contributed by atoms with Gasteiger partial charge in [-0.15, -0.1) is 11.3 Å². The van der Waals surface area contributed by atoms with E-state index in [0.717, 1.165) is 11.3 Å². The van der Waals surface area contributed by atoms with Gasteiger partial charge in [-0.1, -0.05) is 30.3 Å². The Morgan fingerprint density at radius 3 is 2.61 bits per heavy atom. The Kier molecular flexibility index (Phi) is 7.65. The van der Waals surface area contributed by atoms with Crippen LogP contribution in [0.3, 0.4) is 0 Å². The van der Waals surface area contributed by atoms with E-state index in [0.29, 0.717) is 40.5 Å². The molecule has 0 bridgehead atoms. The van der Waals surface area contributed by atoms with Crippen LogP contribution in [-0.4, -0.2) is 36.1 Å². The number of anilines is 1. The molecule has 190 valence electrons. The van der Waals surface area contributed by atoms with Crippen LogP contribution in [0.15, 0.2) is 54.6 Å². The van der Waals surface area contributed by atoms with E-state index >= 15 is 0 Å². The summed E-state index contributed by atoms with van der Waals surface area (Å²) >= 11 is 0.675. The number of hydrogen-bond acceptors (Lipinski definition) is 5. The zero-order valence-electron chi connectivity index (χ0n) is 19.5. The topological polar surface area (TPSA) is 78.9 Å². The number of nitrogens with one attached hydrogen (secondary N) is 1. The van der Waals surface area contributed by atoms with E-state index in [-0.39, 0.29) is 31.0 Å². The number of halogens is 3. The molecule has 0 saturated heterocycles. The smallest absolute Gasteiger partial charge is 0.426 e. The fraction of sp³-hybridized carbons (Fsp3) is 0.308. The van der Waals surface area contributed by atoms with Crippen molar-refractivity contribution in [3.05, 3.63) is 69.9 Å². The molecule has 0 fully saturated rings. The van der Waals surface area contributed by atoms with Crippen molar-refractivity contribution in [3.63, 3.8) is 0 Å². The molecule has 1 unspecified atom stereocenters. The van der Waals surface area contributed by atoms with Crippen molar-refractivity contribution in [2.24, 2.45) is 0 Å². The molecule has 2 heterocycles. The third kappa shape index (κ3) is 5.88. The molecule has 10 heteroatoms. The number of benzene rings is 2. The first-order valence-electron chi connectivity index (χ1n) is 11.4. The van der Waals surface area contributed by atoms with Crippen LogP contribution in [0.25, 0.3) is 11.1 Å². The molecular weight excluding hydrogens is 493 g/mol. The summed E-state index contributed by atoms with van der Waals surface area (Å²) in [6, 6.07) is 14.7. The van der Waals surface area contributed by atoms with Crippen LogP contribution < -0.4 is 15.0 Å². The summed E-state index contributed by atoms with van der Waals surface area (Å²) in [4.78, 5) is 24.9. The van der Waals surface area contributed by atoms with Crippen molar-refractivity contribution in [3.8, 4) is 16.9 Å². The maximum absolute atomic E-state index is 13.6. The highest BCUT2D eigenvalue weighted by atomic mass is 32.1. The number of thiophene rings is 1. The second kappa shape index (κ2) is 10.7. The van der Waals surface area contributed by atoms with Gasteiger partial charge in [0.15, 0.2) is 0 Å². The number of carboxylic acids is 1. The van der Waals surface area contributed by atoms with E-state index in [1.54, 1.807) is 54.3 Å². The minimum Gasteiger partial charge on any atom is -0.488 e. The summed E-state index contributed by atoms with van der Waals surface area (Å²) < 4.78 is 46.7. The third-order valence-corrected chi connectivity index (χ3v) is 7.03. The third-order valence-electron chi connectivity index (χ3n) is 5.88. The number of carbonyl (C=O) groups excluding carboxylic acids is 1. The summed E-state index contributed by atoms with van der Waals surface area (Å²) in [5, 5.41) is 11.7. The van der Waals surface area contributed by atoms with Crippen molar-refractivity contribution in [2.45, 2.75) is 38.6 Å². The molecule has 0 spiro atoms. The highest BCUT2D eigenvalue weighted by molar-refractivity contribution is 7.12. The van der Waals surface area contributed by atoms with E-state index < -0.39 is 23.1 Å². The molecule has 1 aliphatic heterocycles. The maximum atomic E-state index is 13.6. The molecule has 6 nitrogen and oxygen atoms in total. The molecule has 0 aliphatic carbocycles. The predicted octanol–water partition coefficient (Wildman–Crippen LogP) is 5.35. The molecule has 1 aromatic heterocycles. The molecule has 3 aromatic rings. The van der Waals surface area contributed by atoms with Crippen molar-refractivity contribution in [1.82, 2.24) is 5.32 Å². The first-order chi connectivity index (χ1) is 17.1. The molecule has 1 amide bonds. The van der Waals surface area contributed by atoms with Crippen LogP contribution in [0, 0.1) is 0 Å². The van der Waals surface area contributed by atoms with E-state index in [4.69, 9.17) is 9.84 Å². The number of fused-ring (bicyclic) bond motifs is 1. The van der Waals surface area contributed by atoms with Crippen LogP contribution in [-0.2, 0) is 28.8 Å². The number of amides is 1. The average molecular weight is 519 g/mol. The summed E-state index contributed by atoms with van der Waals surface area (Å²) in [6.45, 7) is 2.37. The van der Waals surface area contributed by atoms with Crippen LogP contribution in [0.1, 0.15) is 28.7 Å². The number of alkyl halides is 3. The van der Waals surface area contributed by atoms with Gasteiger partial charge in [-0.25, -0.2) is 0 Å². The molecule has 0 saturated carbocycles.